The number of nitrogens with zero attached hydrogens (tertiary/aromatic N) is 3. The average Bonchev–Trinajstić information content (AvgIpc) is 3.11. The summed E-state index contributed by atoms with van der Waals surface area (Å²) in [6.07, 6.45) is 0. The number of hydrogen-bond acceptors (Lipinski definition) is 7. The van der Waals surface area contributed by atoms with Gasteiger partial charge in [-0.2, -0.15) is 0 Å². The number of benzene rings is 2. The topological polar surface area (TPSA) is 104 Å². The van der Waals surface area contributed by atoms with Crippen molar-refractivity contribution >= 4 is 33.6 Å². The predicted molar refractivity (Wildman–Crippen MR) is 120 cm³/mol. The second kappa shape index (κ2) is 9.86. The first kappa shape index (κ1) is 22.0. The highest BCUT2D eigenvalue weighted by molar-refractivity contribution is 9.10. The normalized spacial score (nSPS) is 11.7. The Balaban J connectivity index is 1.63. The molecule has 158 valence electrons. The number of amides is 1. The van der Waals surface area contributed by atoms with Gasteiger partial charge in [-0.05, 0) is 36.8 Å². The third-order valence-corrected chi connectivity index (χ3v) is 6.09. The number of nitrogens with two attached hydrogens (primary N) is 1. The van der Waals surface area contributed by atoms with Gasteiger partial charge in [0.1, 0.15) is 0 Å². The predicted octanol–water partition coefficient (Wildman–Crippen LogP) is 3.24. The summed E-state index contributed by atoms with van der Waals surface area (Å²) < 4.78 is 12.8. The fraction of sp³-hybridized carbons (Fsp3) is 0.250. The lowest BCUT2D eigenvalue weighted by molar-refractivity contribution is -0.120. The van der Waals surface area contributed by atoms with Gasteiger partial charge < -0.3 is 20.6 Å². The van der Waals surface area contributed by atoms with Gasteiger partial charge in [-0.15, -0.1) is 10.2 Å². The first-order valence-corrected chi connectivity index (χ1v) is 10.7. The third kappa shape index (κ3) is 4.88. The quantitative estimate of drug-likeness (QED) is 0.368. The van der Waals surface area contributed by atoms with Gasteiger partial charge in [0.25, 0.3) is 0 Å². The number of methoxy groups -OCH3 is 2. The molecular weight excluding hydrogens is 470 g/mol. The van der Waals surface area contributed by atoms with Crippen molar-refractivity contribution in [3.05, 3.63) is 52.5 Å². The fourth-order valence-corrected chi connectivity index (χ4v) is 3.98. The van der Waals surface area contributed by atoms with Crippen LogP contribution in [0.5, 0.6) is 11.5 Å². The summed E-state index contributed by atoms with van der Waals surface area (Å²) in [4.78, 5) is 12.5. The monoisotopic (exact) mass is 491 g/mol. The molecule has 1 heterocycles. The average molecular weight is 492 g/mol. The molecule has 3 aromatic rings. The number of aromatic nitrogens is 3. The number of carbonyl (C=O) groups excluding carboxylic acids is 1. The highest BCUT2D eigenvalue weighted by atomic mass is 79.9. The molecule has 3 rings (SSSR count). The summed E-state index contributed by atoms with van der Waals surface area (Å²) in [7, 11) is 3.15. The van der Waals surface area contributed by atoms with Crippen LogP contribution in [0.2, 0.25) is 0 Å². The van der Waals surface area contributed by atoms with Crippen molar-refractivity contribution in [2.45, 2.75) is 23.9 Å². The van der Waals surface area contributed by atoms with Crippen molar-refractivity contribution in [1.29, 1.82) is 0 Å². The maximum atomic E-state index is 12.5. The summed E-state index contributed by atoms with van der Waals surface area (Å²) in [5.74, 6) is 7.80. The Labute approximate surface area is 187 Å². The molecule has 3 N–H and O–H groups in total. The van der Waals surface area contributed by atoms with Crippen molar-refractivity contribution in [3.8, 4) is 22.9 Å². The van der Waals surface area contributed by atoms with E-state index < -0.39 is 5.25 Å². The summed E-state index contributed by atoms with van der Waals surface area (Å²) in [6, 6.07) is 13.1. The number of nitrogen functional groups attached to an aromatic ring is 1. The minimum absolute atomic E-state index is 0.139. The molecule has 0 spiro atoms. The van der Waals surface area contributed by atoms with Crippen LogP contribution in [0.15, 0.2) is 52.1 Å². The van der Waals surface area contributed by atoms with Crippen molar-refractivity contribution in [2.24, 2.45) is 0 Å². The van der Waals surface area contributed by atoms with Gasteiger partial charge in [0.05, 0.1) is 19.5 Å². The van der Waals surface area contributed by atoms with Crippen LogP contribution in [0, 0.1) is 0 Å². The zero-order chi connectivity index (χ0) is 21.7. The van der Waals surface area contributed by atoms with E-state index in [1.54, 1.807) is 27.2 Å². The Morgan fingerprint density at radius 2 is 1.93 bits per heavy atom. The maximum absolute atomic E-state index is 12.5. The molecule has 10 heteroatoms. The van der Waals surface area contributed by atoms with Crippen LogP contribution >= 0.6 is 27.7 Å². The van der Waals surface area contributed by atoms with Crippen molar-refractivity contribution in [2.75, 3.05) is 20.1 Å². The lowest BCUT2D eigenvalue weighted by Crippen LogP contribution is -2.30. The Hall–Kier alpha value is -2.72. The molecule has 8 nitrogen and oxygen atoms in total. The smallest absolute Gasteiger partial charge is 0.233 e. The van der Waals surface area contributed by atoms with Gasteiger partial charge in [0, 0.05) is 16.6 Å². The molecule has 2 aromatic carbocycles. The molecule has 0 radical (unpaired) electrons. The molecule has 1 aromatic heterocycles. The number of carbonyl (C=O) groups is 1. The molecule has 0 aliphatic rings. The molecule has 1 unspecified atom stereocenters. The minimum atomic E-state index is -0.413. The molecule has 0 fully saturated rings. The number of hydrogen-bond donors (Lipinski definition) is 2. The molecule has 0 saturated carbocycles. The summed E-state index contributed by atoms with van der Waals surface area (Å²) >= 11 is 4.73. The zero-order valence-corrected chi connectivity index (χ0v) is 19.2. The van der Waals surface area contributed by atoms with Crippen LogP contribution in [0.4, 0.5) is 0 Å². The number of thioether (sulfide) groups is 1. The highest BCUT2D eigenvalue weighted by Crippen LogP contribution is 2.30. The van der Waals surface area contributed by atoms with E-state index in [0.717, 1.165) is 15.6 Å². The molecule has 0 aliphatic carbocycles. The van der Waals surface area contributed by atoms with Gasteiger partial charge in [0.15, 0.2) is 17.3 Å². The van der Waals surface area contributed by atoms with E-state index >= 15 is 0 Å². The first-order chi connectivity index (χ1) is 14.4. The molecule has 0 aliphatic heterocycles. The standard InChI is InChI=1S/C20H22BrN5O3S/c1-12(19(27)23-11-13-8-9-16(28-2)17(10-13)29-3)30-20-25-24-18(26(20)22)14-6-4-5-7-15(14)21/h4-10,12H,11,22H2,1-3H3,(H,23,27). The van der Waals surface area contributed by atoms with Crippen LogP contribution < -0.4 is 20.6 Å². The Morgan fingerprint density at radius 3 is 2.63 bits per heavy atom. The lowest BCUT2D eigenvalue weighted by atomic mass is 10.2. The summed E-state index contributed by atoms with van der Waals surface area (Å²) in [5, 5.41) is 11.3. The molecule has 1 amide bonds. The van der Waals surface area contributed by atoms with Crippen LogP contribution in [0.25, 0.3) is 11.4 Å². The van der Waals surface area contributed by atoms with Crippen LogP contribution in [-0.4, -0.2) is 40.3 Å². The molecule has 0 bridgehead atoms. The van der Waals surface area contributed by atoms with Crippen molar-refractivity contribution < 1.29 is 14.3 Å². The van der Waals surface area contributed by atoms with Crippen LogP contribution in [0.3, 0.4) is 0 Å². The largest absolute Gasteiger partial charge is 0.493 e. The van der Waals surface area contributed by atoms with Gasteiger partial charge in [0.2, 0.25) is 11.1 Å². The van der Waals surface area contributed by atoms with Gasteiger partial charge >= 0.3 is 0 Å². The van der Waals surface area contributed by atoms with Gasteiger partial charge in [-0.25, -0.2) is 4.68 Å². The van der Waals surface area contributed by atoms with Gasteiger partial charge in [-0.3, -0.25) is 4.79 Å². The molecule has 30 heavy (non-hydrogen) atoms. The van der Waals surface area contributed by atoms with Crippen molar-refractivity contribution in [3.63, 3.8) is 0 Å². The van der Waals surface area contributed by atoms with Crippen LogP contribution in [0.1, 0.15) is 12.5 Å². The number of halogens is 1. The second-order valence-electron chi connectivity index (χ2n) is 6.32. The molecule has 1 atom stereocenters. The van der Waals surface area contributed by atoms with E-state index in [2.05, 4.69) is 31.4 Å². The Kier molecular flexibility index (Phi) is 7.22. The molecule has 0 saturated heterocycles. The first-order valence-electron chi connectivity index (χ1n) is 9.05. The maximum Gasteiger partial charge on any atom is 0.233 e. The van der Waals surface area contributed by atoms with Crippen molar-refractivity contribution in [1.82, 2.24) is 20.2 Å². The van der Waals surface area contributed by atoms with E-state index in [0.29, 0.717) is 29.0 Å². The fourth-order valence-electron chi connectivity index (χ4n) is 2.72. The van der Waals surface area contributed by atoms with E-state index in [4.69, 9.17) is 15.3 Å². The SMILES string of the molecule is COc1ccc(CNC(=O)C(C)Sc2nnc(-c3ccccc3Br)n2N)cc1OC. The molecular formula is C20H22BrN5O3S. The van der Waals surface area contributed by atoms with E-state index in [9.17, 15) is 4.79 Å². The Morgan fingerprint density at radius 1 is 1.20 bits per heavy atom. The number of rotatable bonds is 8. The third-order valence-electron chi connectivity index (χ3n) is 4.35. The minimum Gasteiger partial charge on any atom is -0.493 e. The van der Waals surface area contributed by atoms with E-state index in [1.165, 1.54) is 16.4 Å². The number of nitrogens with one attached hydrogen (secondary N) is 1. The van der Waals surface area contributed by atoms with Gasteiger partial charge in [-0.1, -0.05) is 45.9 Å². The highest BCUT2D eigenvalue weighted by Gasteiger charge is 2.20. The summed E-state index contributed by atoms with van der Waals surface area (Å²) in [5.41, 5.74) is 1.72. The summed E-state index contributed by atoms with van der Waals surface area (Å²) in [6.45, 7) is 2.16. The second-order valence-corrected chi connectivity index (χ2v) is 8.49. The number of ether oxygens (including phenoxy) is 2. The van der Waals surface area contributed by atoms with E-state index in [-0.39, 0.29) is 5.91 Å². The zero-order valence-electron chi connectivity index (χ0n) is 16.8. The Bertz CT molecular complexity index is 1040. The lowest BCUT2D eigenvalue weighted by Gasteiger charge is -2.13. The van der Waals surface area contributed by atoms with E-state index in [1.807, 2.05) is 36.4 Å². The van der Waals surface area contributed by atoms with Crippen LogP contribution in [-0.2, 0) is 11.3 Å².